The van der Waals surface area contributed by atoms with Crippen LogP contribution in [0.3, 0.4) is 0 Å². The highest BCUT2D eigenvalue weighted by Crippen LogP contribution is 2.32. The van der Waals surface area contributed by atoms with Gasteiger partial charge in [0.25, 0.3) is 5.91 Å². The molecule has 0 bridgehead atoms. The molecule has 2 aliphatic heterocycles. The Hall–Kier alpha value is -3.30. The Morgan fingerprint density at radius 3 is 2.64 bits per heavy atom. The number of fused-ring (bicyclic) bond motifs is 1. The van der Waals surface area contributed by atoms with Crippen molar-refractivity contribution in [3.8, 4) is 11.5 Å². The molecule has 4 amide bonds. The van der Waals surface area contributed by atoms with E-state index in [2.05, 4.69) is 5.32 Å². The van der Waals surface area contributed by atoms with Gasteiger partial charge in [0.15, 0.2) is 18.1 Å². The molecule has 0 atom stereocenters. The van der Waals surface area contributed by atoms with Crippen molar-refractivity contribution < 1.29 is 33.4 Å². The van der Waals surface area contributed by atoms with Gasteiger partial charge in [-0.05, 0) is 18.6 Å². The van der Waals surface area contributed by atoms with Crippen molar-refractivity contribution in [3.63, 3.8) is 0 Å². The Morgan fingerprint density at radius 2 is 1.93 bits per heavy atom. The van der Waals surface area contributed by atoms with Crippen molar-refractivity contribution in [1.29, 1.82) is 0 Å². The summed E-state index contributed by atoms with van der Waals surface area (Å²) in [6.07, 6.45) is 0.270. The second kappa shape index (κ2) is 8.59. The lowest BCUT2D eigenvalue weighted by atomic mass is 10.2. The first-order valence-corrected chi connectivity index (χ1v) is 8.84. The molecule has 3 rings (SSSR count). The summed E-state index contributed by atoms with van der Waals surface area (Å²) in [5, 5.41) is 2.61. The summed E-state index contributed by atoms with van der Waals surface area (Å²) in [4.78, 5) is 49.4. The molecular formula is C18H21N3O7. The molecule has 1 aromatic rings. The second-order valence-electron chi connectivity index (χ2n) is 6.35. The molecule has 2 aliphatic rings. The van der Waals surface area contributed by atoms with Crippen molar-refractivity contribution in [2.45, 2.75) is 12.8 Å². The number of urea groups is 1. The number of hydrogen-bond acceptors (Lipinski definition) is 7. The van der Waals surface area contributed by atoms with Crippen LogP contribution in [-0.2, 0) is 19.1 Å². The molecule has 1 N–H and O–H groups in total. The van der Waals surface area contributed by atoms with Crippen LogP contribution in [0.4, 0.5) is 10.5 Å². The highest BCUT2D eigenvalue weighted by molar-refractivity contribution is 6.01. The summed E-state index contributed by atoms with van der Waals surface area (Å²) in [5.41, 5.74) is 0.500. The Morgan fingerprint density at radius 1 is 1.18 bits per heavy atom. The monoisotopic (exact) mass is 391 g/mol. The molecule has 28 heavy (non-hydrogen) atoms. The van der Waals surface area contributed by atoms with Crippen molar-refractivity contribution in [1.82, 2.24) is 9.80 Å². The fraction of sp³-hybridized carbons (Fsp3) is 0.444. The highest BCUT2D eigenvalue weighted by atomic mass is 16.6. The van der Waals surface area contributed by atoms with Gasteiger partial charge in [0, 0.05) is 31.8 Å². The summed E-state index contributed by atoms with van der Waals surface area (Å²) in [7, 11) is 1.54. The Balaban J connectivity index is 1.37. The Labute approximate surface area is 161 Å². The number of rotatable bonds is 7. The first kappa shape index (κ1) is 19.5. The number of carbonyl (C=O) groups excluding carboxylic acids is 4. The van der Waals surface area contributed by atoms with Crippen LogP contribution >= 0.6 is 0 Å². The van der Waals surface area contributed by atoms with Crippen LogP contribution in [0, 0.1) is 0 Å². The number of anilines is 1. The van der Waals surface area contributed by atoms with Crippen molar-refractivity contribution >= 4 is 29.5 Å². The maximum atomic E-state index is 11.9. The molecule has 1 fully saturated rings. The summed E-state index contributed by atoms with van der Waals surface area (Å²) >= 11 is 0. The second-order valence-corrected chi connectivity index (χ2v) is 6.35. The minimum absolute atomic E-state index is 0.00191. The van der Waals surface area contributed by atoms with E-state index in [9.17, 15) is 19.2 Å². The van der Waals surface area contributed by atoms with Crippen LogP contribution in [-0.4, -0.2) is 73.6 Å². The molecule has 0 spiro atoms. The normalized spacial score (nSPS) is 15.6. The van der Waals surface area contributed by atoms with Gasteiger partial charge in [-0.3, -0.25) is 19.3 Å². The van der Waals surface area contributed by atoms with Gasteiger partial charge in [0.2, 0.25) is 5.91 Å². The van der Waals surface area contributed by atoms with Crippen LogP contribution in [0.25, 0.3) is 0 Å². The molecule has 1 aromatic carbocycles. The smallest absolute Gasteiger partial charge is 0.326 e. The molecule has 150 valence electrons. The number of amides is 4. The average Bonchev–Trinajstić information content (AvgIpc) is 2.92. The van der Waals surface area contributed by atoms with E-state index in [4.69, 9.17) is 14.2 Å². The van der Waals surface area contributed by atoms with E-state index < -0.39 is 18.5 Å². The molecule has 2 heterocycles. The van der Waals surface area contributed by atoms with E-state index in [1.165, 1.54) is 11.9 Å². The molecule has 1 saturated heterocycles. The minimum Gasteiger partial charge on any atom is -0.486 e. The zero-order chi connectivity index (χ0) is 20.1. The van der Waals surface area contributed by atoms with Crippen LogP contribution in [0.15, 0.2) is 18.2 Å². The van der Waals surface area contributed by atoms with E-state index in [1.807, 2.05) is 0 Å². The largest absolute Gasteiger partial charge is 0.486 e. The minimum atomic E-state index is -0.579. The lowest BCUT2D eigenvalue weighted by molar-refractivity contribution is -0.147. The Bertz CT molecular complexity index is 795. The van der Waals surface area contributed by atoms with Gasteiger partial charge in [-0.1, -0.05) is 0 Å². The SMILES string of the molecule is CN1CC(=O)N(CCCC(=O)OCC(=O)Nc2ccc3c(c2)OCCO3)C1=O. The number of hydrogen-bond donors (Lipinski definition) is 1. The van der Waals surface area contributed by atoms with Crippen LogP contribution in [0.1, 0.15) is 12.8 Å². The van der Waals surface area contributed by atoms with E-state index in [0.717, 1.165) is 4.90 Å². The van der Waals surface area contributed by atoms with Gasteiger partial charge in [-0.2, -0.15) is 0 Å². The average molecular weight is 391 g/mol. The number of ether oxygens (including phenoxy) is 3. The molecule has 0 aromatic heterocycles. The number of nitrogens with one attached hydrogen (secondary N) is 1. The third kappa shape index (κ3) is 4.70. The maximum Gasteiger partial charge on any atom is 0.326 e. The summed E-state index contributed by atoms with van der Waals surface area (Å²) in [5.74, 6) is -0.212. The summed E-state index contributed by atoms with van der Waals surface area (Å²) in [6.45, 7) is 0.666. The number of benzene rings is 1. The molecule has 0 radical (unpaired) electrons. The zero-order valence-corrected chi connectivity index (χ0v) is 15.4. The van der Waals surface area contributed by atoms with Crippen LogP contribution in [0.2, 0.25) is 0 Å². The summed E-state index contributed by atoms with van der Waals surface area (Å²) < 4.78 is 15.8. The van der Waals surface area contributed by atoms with Gasteiger partial charge in [0.05, 0.1) is 0 Å². The quantitative estimate of drug-likeness (QED) is 0.535. The maximum absolute atomic E-state index is 11.9. The van der Waals surface area contributed by atoms with Crippen molar-refractivity contribution in [2.24, 2.45) is 0 Å². The van der Waals surface area contributed by atoms with Gasteiger partial charge in [-0.15, -0.1) is 0 Å². The van der Waals surface area contributed by atoms with E-state index in [1.54, 1.807) is 18.2 Å². The topological polar surface area (TPSA) is 114 Å². The van der Waals surface area contributed by atoms with E-state index >= 15 is 0 Å². The third-order valence-electron chi connectivity index (χ3n) is 4.18. The fourth-order valence-electron chi connectivity index (χ4n) is 2.81. The van der Waals surface area contributed by atoms with Gasteiger partial charge >= 0.3 is 12.0 Å². The standard InChI is InChI=1S/C18H21N3O7/c1-20-10-16(23)21(18(20)25)6-2-3-17(24)28-11-15(22)19-12-4-5-13-14(9-12)27-8-7-26-13/h4-5,9H,2-3,6-8,10-11H2,1H3,(H,19,22). The van der Waals surface area contributed by atoms with Gasteiger partial charge < -0.3 is 24.4 Å². The number of imide groups is 1. The van der Waals surface area contributed by atoms with Crippen LogP contribution in [0.5, 0.6) is 11.5 Å². The lowest BCUT2D eigenvalue weighted by Gasteiger charge is -2.19. The predicted octanol–water partition coefficient (Wildman–Crippen LogP) is 0.614. The first-order chi connectivity index (χ1) is 13.4. The third-order valence-corrected chi connectivity index (χ3v) is 4.18. The first-order valence-electron chi connectivity index (χ1n) is 8.84. The number of esters is 1. The Kier molecular flexibility index (Phi) is 5.97. The number of likely N-dealkylation sites (N-methyl/N-ethyl adjacent to an activating group) is 1. The molecule has 10 nitrogen and oxygen atoms in total. The lowest BCUT2D eigenvalue weighted by Crippen LogP contribution is -2.32. The summed E-state index contributed by atoms with van der Waals surface area (Å²) in [6, 6.07) is 4.61. The highest BCUT2D eigenvalue weighted by Gasteiger charge is 2.32. The molecule has 0 unspecified atom stereocenters. The number of nitrogens with zero attached hydrogens (tertiary/aromatic N) is 2. The predicted molar refractivity (Wildman–Crippen MR) is 96.0 cm³/mol. The van der Waals surface area contributed by atoms with Gasteiger partial charge in [0.1, 0.15) is 19.8 Å². The van der Waals surface area contributed by atoms with Crippen LogP contribution < -0.4 is 14.8 Å². The van der Waals surface area contributed by atoms with E-state index in [-0.39, 0.29) is 37.9 Å². The molecule has 0 aliphatic carbocycles. The fourth-order valence-corrected chi connectivity index (χ4v) is 2.81. The number of carbonyl (C=O) groups is 4. The zero-order valence-electron chi connectivity index (χ0n) is 15.4. The molecule has 10 heteroatoms. The molecular weight excluding hydrogens is 370 g/mol. The van der Waals surface area contributed by atoms with Crippen molar-refractivity contribution in [2.75, 3.05) is 45.3 Å². The van der Waals surface area contributed by atoms with E-state index in [0.29, 0.717) is 30.4 Å². The van der Waals surface area contributed by atoms with Crippen molar-refractivity contribution in [3.05, 3.63) is 18.2 Å². The molecule has 0 saturated carbocycles. The van der Waals surface area contributed by atoms with Gasteiger partial charge in [-0.25, -0.2) is 4.79 Å².